The van der Waals surface area contributed by atoms with Gasteiger partial charge < -0.3 is 11.1 Å². The highest BCUT2D eigenvalue weighted by atomic mass is 32.1. The monoisotopic (exact) mass is 254 g/mol. The first-order chi connectivity index (χ1) is 7.81. The second-order valence-corrected chi connectivity index (χ2v) is 6.65. The van der Waals surface area contributed by atoms with E-state index >= 15 is 0 Å². The fourth-order valence-electron chi connectivity index (χ4n) is 1.32. The summed E-state index contributed by atoms with van der Waals surface area (Å²) in [4.78, 5) is 11.6. The van der Waals surface area contributed by atoms with Gasteiger partial charge in [-0.2, -0.15) is 0 Å². The Morgan fingerprint density at radius 1 is 1.47 bits per heavy atom. The third kappa shape index (κ3) is 2.81. The summed E-state index contributed by atoms with van der Waals surface area (Å²) in [5.41, 5.74) is 5.18. The Balaban J connectivity index is 1.91. The number of hydrogen-bond donors (Lipinski definition) is 2. The van der Waals surface area contributed by atoms with E-state index < -0.39 is 5.54 Å². The van der Waals surface area contributed by atoms with Crippen molar-refractivity contribution in [3.63, 3.8) is 0 Å². The molecule has 2 rings (SSSR count). The van der Waals surface area contributed by atoms with Crippen LogP contribution in [0.5, 0.6) is 0 Å². The van der Waals surface area contributed by atoms with Gasteiger partial charge in [-0.3, -0.25) is 4.79 Å². The molecular weight excluding hydrogens is 236 g/mol. The summed E-state index contributed by atoms with van der Waals surface area (Å²) in [5, 5.41) is 12.8. The largest absolute Gasteiger partial charge is 0.348 e. The van der Waals surface area contributed by atoms with Gasteiger partial charge in [-0.1, -0.05) is 32.1 Å². The Bertz CT molecular complexity index is 431. The van der Waals surface area contributed by atoms with Crippen LogP contribution in [-0.2, 0) is 16.8 Å². The van der Waals surface area contributed by atoms with Crippen molar-refractivity contribution in [2.75, 3.05) is 0 Å². The molecule has 1 amide bonds. The van der Waals surface area contributed by atoms with Crippen molar-refractivity contribution >= 4 is 17.2 Å². The van der Waals surface area contributed by atoms with Crippen molar-refractivity contribution < 1.29 is 4.79 Å². The van der Waals surface area contributed by atoms with Crippen molar-refractivity contribution in [1.29, 1.82) is 0 Å². The number of nitrogens with zero attached hydrogens (tertiary/aromatic N) is 2. The molecule has 0 bridgehead atoms. The molecule has 1 heterocycles. The molecule has 0 spiro atoms. The first-order valence-electron chi connectivity index (χ1n) is 5.71. The summed E-state index contributed by atoms with van der Waals surface area (Å²) in [7, 11) is 0. The minimum absolute atomic E-state index is 0.00546. The summed E-state index contributed by atoms with van der Waals surface area (Å²) < 4.78 is 0. The molecule has 0 atom stereocenters. The summed E-state index contributed by atoms with van der Waals surface area (Å²) in [6.45, 7) is 6.70. The molecule has 1 fully saturated rings. The van der Waals surface area contributed by atoms with Gasteiger partial charge in [0.1, 0.15) is 10.0 Å². The van der Waals surface area contributed by atoms with E-state index in [1.165, 1.54) is 11.3 Å². The highest BCUT2D eigenvalue weighted by Gasteiger charge is 2.45. The van der Waals surface area contributed by atoms with Crippen LogP contribution in [0.25, 0.3) is 0 Å². The van der Waals surface area contributed by atoms with Crippen LogP contribution in [0.15, 0.2) is 0 Å². The van der Waals surface area contributed by atoms with E-state index in [0.29, 0.717) is 6.54 Å². The van der Waals surface area contributed by atoms with E-state index in [1.807, 2.05) is 0 Å². The number of rotatable bonds is 3. The molecule has 1 aliphatic rings. The topological polar surface area (TPSA) is 80.9 Å². The number of nitrogens with two attached hydrogens (primary N) is 1. The van der Waals surface area contributed by atoms with Crippen LogP contribution in [-0.4, -0.2) is 21.6 Å². The van der Waals surface area contributed by atoms with E-state index in [-0.39, 0.29) is 11.3 Å². The van der Waals surface area contributed by atoms with E-state index in [2.05, 4.69) is 36.3 Å². The zero-order valence-electron chi connectivity index (χ0n) is 10.4. The van der Waals surface area contributed by atoms with Crippen molar-refractivity contribution in [3.8, 4) is 0 Å². The molecule has 1 aromatic heterocycles. The van der Waals surface area contributed by atoms with Gasteiger partial charge in [0.25, 0.3) is 0 Å². The number of hydrogen-bond acceptors (Lipinski definition) is 5. The third-order valence-corrected chi connectivity index (χ3v) is 4.10. The van der Waals surface area contributed by atoms with Gasteiger partial charge in [-0.15, -0.1) is 10.2 Å². The predicted octanol–water partition coefficient (Wildman–Crippen LogP) is 0.943. The lowest BCUT2D eigenvalue weighted by molar-refractivity contribution is -0.123. The molecule has 0 aromatic carbocycles. The molecule has 0 unspecified atom stereocenters. The highest BCUT2D eigenvalue weighted by Crippen LogP contribution is 2.32. The van der Waals surface area contributed by atoms with Crippen LogP contribution in [0.1, 0.15) is 43.6 Å². The maximum atomic E-state index is 11.6. The van der Waals surface area contributed by atoms with Gasteiger partial charge in [0.15, 0.2) is 0 Å². The standard InChI is InChI=1S/C11H18N4OS/c1-10(2,3)9-15-14-7(17-9)6-13-8(16)11(12)4-5-11/h4-6,12H2,1-3H3,(H,13,16). The highest BCUT2D eigenvalue weighted by molar-refractivity contribution is 7.11. The SMILES string of the molecule is CC(C)(C)c1nnc(CNC(=O)C2(N)CC2)s1. The van der Waals surface area contributed by atoms with Gasteiger partial charge in [0.2, 0.25) is 5.91 Å². The van der Waals surface area contributed by atoms with Crippen molar-refractivity contribution in [2.45, 2.75) is 51.1 Å². The molecule has 5 nitrogen and oxygen atoms in total. The minimum atomic E-state index is -0.614. The van der Waals surface area contributed by atoms with Crippen LogP contribution in [0.3, 0.4) is 0 Å². The van der Waals surface area contributed by atoms with E-state index in [0.717, 1.165) is 22.9 Å². The Morgan fingerprint density at radius 3 is 2.59 bits per heavy atom. The lowest BCUT2D eigenvalue weighted by atomic mass is 9.98. The average Bonchev–Trinajstić information content (AvgIpc) is 2.81. The van der Waals surface area contributed by atoms with Gasteiger partial charge in [0.05, 0.1) is 12.1 Å². The normalized spacial score (nSPS) is 17.9. The van der Waals surface area contributed by atoms with E-state index in [9.17, 15) is 4.79 Å². The predicted molar refractivity (Wildman–Crippen MR) is 66.6 cm³/mol. The Hall–Kier alpha value is -1.01. The number of aromatic nitrogens is 2. The molecule has 3 N–H and O–H groups in total. The molecule has 1 aliphatic carbocycles. The van der Waals surface area contributed by atoms with E-state index in [1.54, 1.807) is 0 Å². The molecule has 1 saturated carbocycles. The molecular formula is C11H18N4OS. The maximum Gasteiger partial charge on any atom is 0.240 e. The molecule has 17 heavy (non-hydrogen) atoms. The average molecular weight is 254 g/mol. The quantitative estimate of drug-likeness (QED) is 0.841. The molecule has 1 aromatic rings. The molecule has 6 heteroatoms. The summed E-state index contributed by atoms with van der Waals surface area (Å²) >= 11 is 1.54. The van der Waals surface area contributed by atoms with Crippen LogP contribution in [0, 0.1) is 0 Å². The molecule has 0 saturated heterocycles. The van der Waals surface area contributed by atoms with Crippen molar-refractivity contribution in [2.24, 2.45) is 5.73 Å². The zero-order valence-corrected chi connectivity index (χ0v) is 11.2. The van der Waals surface area contributed by atoms with Gasteiger partial charge in [-0.05, 0) is 12.8 Å². The summed E-state index contributed by atoms with van der Waals surface area (Å²) in [5.74, 6) is -0.0787. The maximum absolute atomic E-state index is 11.6. The third-order valence-electron chi connectivity index (χ3n) is 2.75. The number of amides is 1. The molecule has 0 aliphatic heterocycles. The second kappa shape index (κ2) is 4.03. The smallest absolute Gasteiger partial charge is 0.240 e. The first kappa shape index (κ1) is 12.4. The summed E-state index contributed by atoms with van der Waals surface area (Å²) in [6, 6.07) is 0. The van der Waals surface area contributed by atoms with Gasteiger partial charge in [0, 0.05) is 5.41 Å². The first-order valence-corrected chi connectivity index (χ1v) is 6.53. The van der Waals surface area contributed by atoms with Gasteiger partial charge in [-0.25, -0.2) is 0 Å². The van der Waals surface area contributed by atoms with Crippen LogP contribution < -0.4 is 11.1 Å². The minimum Gasteiger partial charge on any atom is -0.348 e. The number of carbonyl (C=O) groups excluding carboxylic acids is 1. The van der Waals surface area contributed by atoms with Crippen molar-refractivity contribution in [3.05, 3.63) is 10.0 Å². The van der Waals surface area contributed by atoms with Crippen LogP contribution >= 0.6 is 11.3 Å². The molecule has 94 valence electrons. The number of nitrogens with one attached hydrogen (secondary N) is 1. The van der Waals surface area contributed by atoms with Gasteiger partial charge >= 0.3 is 0 Å². The Labute approximate surface area is 105 Å². The van der Waals surface area contributed by atoms with E-state index in [4.69, 9.17) is 5.73 Å². The zero-order chi connectivity index (χ0) is 12.7. The Morgan fingerprint density at radius 2 is 2.12 bits per heavy atom. The fourth-order valence-corrected chi connectivity index (χ4v) is 2.16. The lowest BCUT2D eigenvalue weighted by Gasteiger charge is -2.12. The second-order valence-electron chi connectivity index (χ2n) is 5.59. The van der Waals surface area contributed by atoms with Crippen molar-refractivity contribution in [1.82, 2.24) is 15.5 Å². The van der Waals surface area contributed by atoms with Crippen LogP contribution in [0.2, 0.25) is 0 Å². The van der Waals surface area contributed by atoms with Crippen LogP contribution in [0.4, 0.5) is 0 Å². The number of carbonyl (C=O) groups is 1. The fraction of sp³-hybridized carbons (Fsp3) is 0.727. The Kier molecular flexibility index (Phi) is 2.95. The lowest BCUT2D eigenvalue weighted by Crippen LogP contribution is -2.42. The summed E-state index contributed by atoms with van der Waals surface area (Å²) in [6.07, 6.45) is 1.56. The molecule has 0 radical (unpaired) electrons.